The lowest BCUT2D eigenvalue weighted by atomic mass is 10.2. The van der Waals surface area contributed by atoms with E-state index in [1.54, 1.807) is 30.5 Å². The molecule has 2 aromatic rings. The van der Waals surface area contributed by atoms with Crippen LogP contribution in [-0.2, 0) is 11.2 Å². The Balaban J connectivity index is 1.80. The van der Waals surface area contributed by atoms with Gasteiger partial charge in [0.2, 0.25) is 0 Å². The minimum Gasteiger partial charge on any atom is -0.346 e. The fourth-order valence-corrected chi connectivity index (χ4v) is 2.75. The van der Waals surface area contributed by atoms with E-state index >= 15 is 0 Å². The van der Waals surface area contributed by atoms with Gasteiger partial charge in [-0.05, 0) is 36.2 Å². The van der Waals surface area contributed by atoms with Crippen molar-refractivity contribution < 1.29 is 4.79 Å². The summed E-state index contributed by atoms with van der Waals surface area (Å²) in [7, 11) is 0. The normalized spacial score (nSPS) is 13.4. The van der Waals surface area contributed by atoms with E-state index in [0.717, 1.165) is 18.7 Å². The number of amides is 1. The average Bonchev–Trinajstić information content (AvgIpc) is 2.95. The standard InChI is InChI=1S/C18H14ClN3O/c19-15-5-3-6-16(10-15)21-18(23)14(11-20)12-22-9-8-13-4-1-2-7-17(13)22/h1-7,10,12H,8-9H2,(H,21,23)/b14-12-. The van der Waals surface area contributed by atoms with Gasteiger partial charge in [0, 0.05) is 29.1 Å². The molecule has 0 aliphatic carbocycles. The molecule has 0 radical (unpaired) electrons. The van der Waals surface area contributed by atoms with E-state index in [1.165, 1.54) is 5.56 Å². The van der Waals surface area contributed by atoms with Crippen molar-refractivity contribution in [3.8, 4) is 6.07 Å². The highest BCUT2D eigenvalue weighted by atomic mass is 35.5. The fourth-order valence-electron chi connectivity index (χ4n) is 2.56. The number of nitrogens with one attached hydrogen (secondary N) is 1. The van der Waals surface area contributed by atoms with Crippen molar-refractivity contribution in [2.75, 3.05) is 16.8 Å². The van der Waals surface area contributed by atoms with Crippen molar-refractivity contribution >= 4 is 28.9 Å². The topological polar surface area (TPSA) is 56.1 Å². The first-order valence-electron chi connectivity index (χ1n) is 7.21. The second-order valence-electron chi connectivity index (χ2n) is 5.19. The van der Waals surface area contributed by atoms with Crippen LogP contribution in [0, 0.1) is 11.3 Å². The number of carbonyl (C=O) groups excluding carboxylic acids is 1. The molecule has 1 aliphatic heterocycles. The zero-order valence-electron chi connectivity index (χ0n) is 12.3. The van der Waals surface area contributed by atoms with Crippen LogP contribution in [0.15, 0.2) is 60.3 Å². The van der Waals surface area contributed by atoms with Crippen LogP contribution in [0.3, 0.4) is 0 Å². The average molecular weight is 324 g/mol. The van der Waals surface area contributed by atoms with E-state index in [2.05, 4.69) is 11.4 Å². The number of benzene rings is 2. The Kier molecular flexibility index (Phi) is 4.31. The Morgan fingerprint density at radius 2 is 2.09 bits per heavy atom. The maximum atomic E-state index is 12.3. The molecule has 0 saturated carbocycles. The van der Waals surface area contributed by atoms with Crippen molar-refractivity contribution in [2.24, 2.45) is 0 Å². The van der Waals surface area contributed by atoms with Crippen LogP contribution in [0.4, 0.5) is 11.4 Å². The van der Waals surface area contributed by atoms with Gasteiger partial charge >= 0.3 is 0 Å². The lowest BCUT2D eigenvalue weighted by Gasteiger charge is -2.14. The first-order valence-corrected chi connectivity index (χ1v) is 7.58. The zero-order chi connectivity index (χ0) is 16.2. The molecule has 2 aromatic carbocycles. The Morgan fingerprint density at radius 1 is 1.26 bits per heavy atom. The number of nitriles is 1. The summed E-state index contributed by atoms with van der Waals surface area (Å²) >= 11 is 5.90. The van der Waals surface area contributed by atoms with Crippen molar-refractivity contribution in [3.63, 3.8) is 0 Å². The molecule has 3 rings (SSSR count). The molecule has 4 nitrogen and oxygen atoms in total. The molecule has 1 aliphatic rings. The van der Waals surface area contributed by atoms with Crippen molar-refractivity contribution in [3.05, 3.63) is 70.9 Å². The SMILES string of the molecule is N#C/C(=C/N1CCc2ccccc21)C(=O)Nc1cccc(Cl)c1. The summed E-state index contributed by atoms with van der Waals surface area (Å²) < 4.78 is 0. The van der Waals surface area contributed by atoms with E-state index in [0.29, 0.717) is 10.7 Å². The van der Waals surface area contributed by atoms with E-state index in [9.17, 15) is 10.1 Å². The first-order chi connectivity index (χ1) is 11.2. The van der Waals surface area contributed by atoms with E-state index < -0.39 is 5.91 Å². The largest absolute Gasteiger partial charge is 0.346 e. The molecule has 1 N–H and O–H groups in total. The molecule has 0 fully saturated rings. The predicted octanol–water partition coefficient (Wildman–Crippen LogP) is 3.75. The highest BCUT2D eigenvalue weighted by Gasteiger charge is 2.19. The van der Waals surface area contributed by atoms with Crippen LogP contribution in [0.5, 0.6) is 0 Å². The van der Waals surface area contributed by atoms with E-state index in [4.69, 9.17) is 11.6 Å². The number of hydrogen-bond acceptors (Lipinski definition) is 3. The molecule has 0 unspecified atom stereocenters. The van der Waals surface area contributed by atoms with Gasteiger partial charge in [-0.1, -0.05) is 35.9 Å². The van der Waals surface area contributed by atoms with Crippen molar-refractivity contribution in [1.29, 1.82) is 5.26 Å². The first kappa shape index (κ1) is 15.1. The highest BCUT2D eigenvalue weighted by Crippen LogP contribution is 2.28. The van der Waals surface area contributed by atoms with Crippen LogP contribution in [0.2, 0.25) is 5.02 Å². The molecule has 0 spiro atoms. The summed E-state index contributed by atoms with van der Waals surface area (Å²) in [6.07, 6.45) is 2.51. The van der Waals surface area contributed by atoms with Crippen molar-refractivity contribution in [2.45, 2.75) is 6.42 Å². The second-order valence-corrected chi connectivity index (χ2v) is 5.63. The van der Waals surface area contributed by atoms with Crippen LogP contribution in [0.1, 0.15) is 5.56 Å². The molecule has 0 bridgehead atoms. The monoisotopic (exact) mass is 323 g/mol. The lowest BCUT2D eigenvalue weighted by molar-refractivity contribution is -0.112. The van der Waals surface area contributed by atoms with Gasteiger partial charge in [-0.2, -0.15) is 5.26 Å². The van der Waals surface area contributed by atoms with Gasteiger partial charge in [0.1, 0.15) is 11.6 Å². The third-order valence-electron chi connectivity index (χ3n) is 3.66. The minimum absolute atomic E-state index is 0.0571. The number of carbonyl (C=O) groups is 1. The van der Waals surface area contributed by atoms with Crippen LogP contribution in [-0.4, -0.2) is 12.5 Å². The summed E-state index contributed by atoms with van der Waals surface area (Å²) in [5.74, 6) is -0.445. The Labute approximate surface area is 139 Å². The van der Waals surface area contributed by atoms with Gasteiger partial charge in [-0.3, -0.25) is 4.79 Å². The summed E-state index contributed by atoms with van der Waals surface area (Å²) in [4.78, 5) is 14.2. The van der Waals surface area contributed by atoms with Crippen molar-refractivity contribution in [1.82, 2.24) is 0 Å². The summed E-state index contributed by atoms with van der Waals surface area (Å²) in [6.45, 7) is 0.759. The third kappa shape index (κ3) is 3.36. The lowest BCUT2D eigenvalue weighted by Crippen LogP contribution is -2.19. The van der Waals surface area contributed by atoms with Crippen LogP contribution in [0.25, 0.3) is 0 Å². The molecule has 0 saturated heterocycles. The van der Waals surface area contributed by atoms with Gasteiger partial charge in [0.25, 0.3) is 5.91 Å². The maximum Gasteiger partial charge on any atom is 0.267 e. The molecule has 1 heterocycles. The van der Waals surface area contributed by atoms with Gasteiger partial charge in [-0.25, -0.2) is 0 Å². The minimum atomic E-state index is -0.445. The predicted molar refractivity (Wildman–Crippen MR) is 91.3 cm³/mol. The Morgan fingerprint density at radius 3 is 2.87 bits per heavy atom. The quantitative estimate of drug-likeness (QED) is 0.691. The number of nitrogens with zero attached hydrogens (tertiary/aromatic N) is 2. The van der Waals surface area contributed by atoms with Gasteiger partial charge < -0.3 is 10.2 Å². The smallest absolute Gasteiger partial charge is 0.267 e. The molecule has 114 valence electrons. The number of rotatable bonds is 3. The Bertz CT molecular complexity index is 823. The fraction of sp³-hybridized carbons (Fsp3) is 0.111. The molecule has 1 amide bonds. The Hall–Kier alpha value is -2.77. The number of halogens is 1. The second kappa shape index (κ2) is 6.55. The van der Waals surface area contributed by atoms with Crippen LogP contribution >= 0.6 is 11.6 Å². The number of hydrogen-bond donors (Lipinski definition) is 1. The number of fused-ring (bicyclic) bond motifs is 1. The molecule has 5 heteroatoms. The summed E-state index contributed by atoms with van der Waals surface area (Å²) in [5, 5.41) is 12.5. The molecule has 0 atom stereocenters. The summed E-state index contributed by atoms with van der Waals surface area (Å²) in [6, 6.07) is 16.8. The molecule has 0 aromatic heterocycles. The highest BCUT2D eigenvalue weighted by molar-refractivity contribution is 6.31. The molecule has 23 heavy (non-hydrogen) atoms. The third-order valence-corrected chi connectivity index (χ3v) is 3.89. The van der Waals surface area contributed by atoms with E-state index in [1.807, 2.05) is 29.2 Å². The zero-order valence-corrected chi connectivity index (χ0v) is 13.0. The molecular weight excluding hydrogens is 310 g/mol. The van der Waals surface area contributed by atoms with Gasteiger partial charge in [0.05, 0.1) is 0 Å². The maximum absolute atomic E-state index is 12.3. The van der Waals surface area contributed by atoms with Gasteiger partial charge in [-0.15, -0.1) is 0 Å². The van der Waals surface area contributed by atoms with Crippen LogP contribution < -0.4 is 10.2 Å². The number of anilines is 2. The molecular formula is C18H14ClN3O. The van der Waals surface area contributed by atoms with Gasteiger partial charge in [0.15, 0.2) is 0 Å². The van der Waals surface area contributed by atoms with E-state index in [-0.39, 0.29) is 5.57 Å². The summed E-state index contributed by atoms with van der Waals surface area (Å²) in [5.41, 5.74) is 2.87. The number of para-hydroxylation sites is 1.